The summed E-state index contributed by atoms with van der Waals surface area (Å²) >= 11 is 1.41. The highest BCUT2D eigenvalue weighted by Crippen LogP contribution is 2.21. The molecule has 0 bridgehead atoms. The molecule has 130 valence electrons. The van der Waals surface area contributed by atoms with Crippen LogP contribution in [0.5, 0.6) is 5.88 Å². The van der Waals surface area contributed by atoms with E-state index in [1.54, 1.807) is 31.6 Å². The lowest BCUT2D eigenvalue weighted by molar-refractivity contribution is 0.0995. The van der Waals surface area contributed by atoms with Gasteiger partial charge in [0.05, 0.1) is 25.4 Å². The Morgan fingerprint density at radius 3 is 2.84 bits per heavy atom. The number of ether oxygens (including phenoxy) is 1. The van der Waals surface area contributed by atoms with E-state index in [9.17, 15) is 4.79 Å². The van der Waals surface area contributed by atoms with Gasteiger partial charge in [-0.1, -0.05) is 0 Å². The zero-order valence-electron chi connectivity index (χ0n) is 13.9. The molecule has 0 unspecified atom stereocenters. The van der Waals surface area contributed by atoms with Crippen molar-refractivity contribution in [2.24, 2.45) is 5.73 Å². The van der Waals surface area contributed by atoms with Gasteiger partial charge in [0.2, 0.25) is 5.88 Å². The van der Waals surface area contributed by atoms with Gasteiger partial charge in [-0.15, -0.1) is 0 Å². The smallest absolute Gasteiger partial charge is 0.267 e. The van der Waals surface area contributed by atoms with E-state index in [4.69, 9.17) is 10.5 Å². The Labute approximate surface area is 148 Å². The second kappa shape index (κ2) is 7.49. The molecule has 0 spiro atoms. The van der Waals surface area contributed by atoms with E-state index in [1.165, 1.54) is 11.9 Å². The summed E-state index contributed by atoms with van der Waals surface area (Å²) in [6.07, 6.45) is 3.32. The predicted octanol–water partition coefficient (Wildman–Crippen LogP) is 1.75. The number of nitrogens with two attached hydrogens (primary N) is 1. The van der Waals surface area contributed by atoms with Crippen LogP contribution in [0.4, 0.5) is 0 Å². The highest BCUT2D eigenvalue weighted by Gasteiger charge is 2.11. The minimum absolute atomic E-state index is 0.249. The SMILES string of the molecule is CCn1c(CNSc2ccc(C(N)=O)nc2)nc2cnc(OC)cc21. The van der Waals surface area contributed by atoms with Crippen molar-refractivity contribution in [3.8, 4) is 5.88 Å². The van der Waals surface area contributed by atoms with Gasteiger partial charge < -0.3 is 15.0 Å². The summed E-state index contributed by atoms with van der Waals surface area (Å²) in [5.41, 5.74) is 7.25. The van der Waals surface area contributed by atoms with Crippen LogP contribution in [0.2, 0.25) is 0 Å². The fourth-order valence-electron chi connectivity index (χ4n) is 2.43. The minimum Gasteiger partial charge on any atom is -0.481 e. The van der Waals surface area contributed by atoms with Crippen LogP contribution in [0, 0.1) is 0 Å². The van der Waals surface area contributed by atoms with Gasteiger partial charge in [0.25, 0.3) is 5.91 Å². The third kappa shape index (κ3) is 3.72. The second-order valence-corrected chi connectivity index (χ2v) is 6.12. The highest BCUT2D eigenvalue weighted by molar-refractivity contribution is 7.97. The van der Waals surface area contributed by atoms with Gasteiger partial charge >= 0.3 is 0 Å². The van der Waals surface area contributed by atoms with Crippen LogP contribution >= 0.6 is 11.9 Å². The van der Waals surface area contributed by atoms with Crippen LogP contribution in [0.3, 0.4) is 0 Å². The molecule has 0 fully saturated rings. The number of primary amides is 1. The molecule has 0 saturated heterocycles. The van der Waals surface area contributed by atoms with Crippen LogP contribution in [-0.4, -0.2) is 32.5 Å². The number of methoxy groups -OCH3 is 1. The Hall–Kier alpha value is -2.65. The van der Waals surface area contributed by atoms with Crippen LogP contribution in [-0.2, 0) is 13.1 Å². The number of carbonyl (C=O) groups is 1. The maximum Gasteiger partial charge on any atom is 0.267 e. The van der Waals surface area contributed by atoms with Crippen LogP contribution < -0.4 is 15.2 Å². The van der Waals surface area contributed by atoms with E-state index < -0.39 is 5.91 Å². The lowest BCUT2D eigenvalue weighted by Gasteiger charge is -2.07. The Morgan fingerprint density at radius 2 is 2.20 bits per heavy atom. The zero-order valence-corrected chi connectivity index (χ0v) is 14.7. The number of pyridine rings is 2. The predicted molar refractivity (Wildman–Crippen MR) is 95.2 cm³/mol. The van der Waals surface area contributed by atoms with Gasteiger partial charge in [-0.05, 0) is 31.0 Å². The van der Waals surface area contributed by atoms with E-state index >= 15 is 0 Å². The van der Waals surface area contributed by atoms with Gasteiger partial charge in [-0.2, -0.15) is 0 Å². The minimum atomic E-state index is -0.537. The fourth-order valence-corrected chi connectivity index (χ4v) is 3.04. The van der Waals surface area contributed by atoms with Crippen molar-refractivity contribution < 1.29 is 9.53 Å². The number of nitrogens with zero attached hydrogens (tertiary/aromatic N) is 4. The summed E-state index contributed by atoms with van der Waals surface area (Å²) in [6.45, 7) is 3.42. The maximum absolute atomic E-state index is 11.0. The number of aryl methyl sites for hydroxylation is 1. The molecule has 8 nitrogen and oxygen atoms in total. The average molecular weight is 358 g/mol. The molecule has 1 amide bonds. The quantitative estimate of drug-likeness (QED) is 0.619. The van der Waals surface area contributed by atoms with E-state index in [0.717, 1.165) is 28.3 Å². The van der Waals surface area contributed by atoms with E-state index in [1.807, 2.05) is 6.07 Å². The first kappa shape index (κ1) is 17.2. The Balaban J connectivity index is 1.71. The molecule has 9 heteroatoms. The number of hydrogen-bond acceptors (Lipinski definition) is 7. The van der Waals surface area contributed by atoms with E-state index in [-0.39, 0.29) is 5.69 Å². The van der Waals surface area contributed by atoms with Gasteiger partial charge in [-0.25, -0.2) is 15.0 Å². The first-order chi connectivity index (χ1) is 12.1. The molecular weight excluding hydrogens is 340 g/mol. The molecule has 3 heterocycles. The summed E-state index contributed by atoms with van der Waals surface area (Å²) in [5, 5.41) is 0. The lowest BCUT2D eigenvalue weighted by atomic mass is 10.3. The van der Waals surface area contributed by atoms with Gasteiger partial charge in [0.1, 0.15) is 17.0 Å². The molecule has 3 aromatic rings. The van der Waals surface area contributed by atoms with Crippen molar-refractivity contribution in [3.05, 3.63) is 42.1 Å². The Morgan fingerprint density at radius 1 is 1.36 bits per heavy atom. The molecular formula is C16H18N6O2S. The number of imidazole rings is 1. The molecule has 0 saturated carbocycles. The fraction of sp³-hybridized carbons (Fsp3) is 0.250. The Bertz CT molecular complexity index is 894. The van der Waals surface area contributed by atoms with Crippen LogP contribution in [0.15, 0.2) is 35.5 Å². The monoisotopic (exact) mass is 358 g/mol. The maximum atomic E-state index is 11.0. The highest BCUT2D eigenvalue weighted by atomic mass is 32.2. The van der Waals surface area contributed by atoms with E-state index in [0.29, 0.717) is 12.4 Å². The molecule has 3 N–H and O–H groups in total. The molecule has 0 aliphatic carbocycles. The standard InChI is InChI=1S/C16H18N6O2S/c1-3-22-13-6-15(24-2)19-8-12(13)21-14(22)9-20-25-10-4-5-11(16(17)23)18-7-10/h4-8,20H,3,9H2,1-2H3,(H2,17,23). The second-order valence-electron chi connectivity index (χ2n) is 5.15. The molecule has 0 aromatic carbocycles. The molecule has 0 aliphatic rings. The number of carbonyl (C=O) groups excluding carboxylic acids is 1. The lowest BCUT2D eigenvalue weighted by Crippen LogP contribution is -2.13. The molecule has 25 heavy (non-hydrogen) atoms. The molecule has 3 aromatic heterocycles. The van der Waals surface area contributed by atoms with Crippen molar-refractivity contribution >= 4 is 28.9 Å². The summed E-state index contributed by atoms with van der Waals surface area (Å²) < 4.78 is 10.6. The van der Waals surface area contributed by atoms with Crippen molar-refractivity contribution in [2.45, 2.75) is 24.9 Å². The number of aromatic nitrogens is 4. The van der Waals surface area contributed by atoms with Crippen molar-refractivity contribution in [2.75, 3.05) is 7.11 Å². The first-order valence-electron chi connectivity index (χ1n) is 7.67. The van der Waals surface area contributed by atoms with Gasteiger partial charge in [-0.3, -0.25) is 9.52 Å². The number of hydrogen-bond donors (Lipinski definition) is 2. The van der Waals surface area contributed by atoms with Crippen molar-refractivity contribution in [1.29, 1.82) is 0 Å². The summed E-state index contributed by atoms with van der Waals surface area (Å²) in [7, 11) is 1.59. The van der Waals surface area contributed by atoms with Crippen LogP contribution in [0.25, 0.3) is 11.0 Å². The summed E-state index contributed by atoms with van der Waals surface area (Å²) in [6, 6.07) is 5.28. The summed E-state index contributed by atoms with van der Waals surface area (Å²) in [5.74, 6) is 0.934. The first-order valence-corrected chi connectivity index (χ1v) is 8.48. The van der Waals surface area contributed by atoms with Gasteiger partial charge in [0, 0.05) is 23.7 Å². The number of fused-ring (bicyclic) bond motifs is 1. The topological polar surface area (TPSA) is 108 Å². The number of amides is 1. The number of nitrogens with one attached hydrogen (secondary N) is 1. The van der Waals surface area contributed by atoms with Crippen molar-refractivity contribution in [1.82, 2.24) is 24.2 Å². The summed E-state index contributed by atoms with van der Waals surface area (Å²) in [4.78, 5) is 24.7. The van der Waals surface area contributed by atoms with E-state index in [2.05, 4.69) is 31.2 Å². The molecule has 0 atom stereocenters. The van der Waals surface area contributed by atoms with Crippen LogP contribution in [0.1, 0.15) is 23.2 Å². The van der Waals surface area contributed by atoms with Gasteiger partial charge in [0.15, 0.2) is 0 Å². The average Bonchev–Trinajstić information content (AvgIpc) is 2.98. The Kier molecular flexibility index (Phi) is 5.15. The molecule has 3 rings (SSSR count). The molecule has 0 radical (unpaired) electrons. The zero-order chi connectivity index (χ0) is 17.8. The third-order valence-electron chi connectivity index (χ3n) is 3.62. The molecule has 0 aliphatic heterocycles. The third-order valence-corrected chi connectivity index (χ3v) is 4.39. The largest absolute Gasteiger partial charge is 0.481 e. The number of rotatable bonds is 7. The van der Waals surface area contributed by atoms with Crippen molar-refractivity contribution in [3.63, 3.8) is 0 Å². The normalized spacial score (nSPS) is 11.0.